The molecule has 0 bridgehead atoms. The van der Waals surface area contributed by atoms with E-state index in [1.165, 1.54) is 16.7 Å². The first kappa shape index (κ1) is 18.8. The smallest absolute Gasteiger partial charge is 0.266 e. The molecule has 0 radical (unpaired) electrons. The van der Waals surface area contributed by atoms with E-state index in [9.17, 15) is 9.59 Å². The van der Waals surface area contributed by atoms with E-state index in [2.05, 4.69) is 21.2 Å². The zero-order valence-corrected chi connectivity index (χ0v) is 16.9. The average Bonchev–Trinajstić information content (AvgIpc) is 2.89. The van der Waals surface area contributed by atoms with Crippen LogP contribution in [-0.4, -0.2) is 27.6 Å². The van der Waals surface area contributed by atoms with Gasteiger partial charge in [0.15, 0.2) is 0 Å². The summed E-state index contributed by atoms with van der Waals surface area (Å²) in [6, 6.07) is 16.9. The van der Waals surface area contributed by atoms with E-state index < -0.39 is 0 Å². The lowest BCUT2D eigenvalue weighted by molar-refractivity contribution is -0.122. The zero-order valence-electron chi connectivity index (χ0n) is 13.6. The normalized spacial score (nSPS) is 15.6. The molecule has 2 amide bonds. The highest BCUT2D eigenvalue weighted by Gasteiger charge is 2.32. The van der Waals surface area contributed by atoms with Crippen molar-refractivity contribution in [2.45, 2.75) is 6.42 Å². The van der Waals surface area contributed by atoms with E-state index >= 15 is 0 Å². The number of thiocarbonyl (C=S) groups is 1. The predicted molar refractivity (Wildman–Crippen MR) is 114 cm³/mol. The van der Waals surface area contributed by atoms with Crippen LogP contribution in [0.1, 0.15) is 12.0 Å². The van der Waals surface area contributed by atoms with Crippen molar-refractivity contribution < 1.29 is 9.59 Å². The number of thioether (sulfide) groups is 1. The number of nitrogens with one attached hydrogen (secondary N) is 1. The maximum Gasteiger partial charge on any atom is 0.266 e. The summed E-state index contributed by atoms with van der Waals surface area (Å²) >= 11 is 9.95. The lowest BCUT2D eigenvalue weighted by Gasteiger charge is -2.14. The highest BCUT2D eigenvalue weighted by molar-refractivity contribution is 9.10. The molecule has 0 aliphatic carbocycles. The quantitative estimate of drug-likeness (QED) is 0.534. The third-order valence-electron chi connectivity index (χ3n) is 3.66. The van der Waals surface area contributed by atoms with Gasteiger partial charge in [0.05, 0.1) is 4.91 Å². The van der Waals surface area contributed by atoms with Gasteiger partial charge in [-0.15, -0.1) is 0 Å². The van der Waals surface area contributed by atoms with Crippen LogP contribution in [0, 0.1) is 0 Å². The molecule has 1 aliphatic rings. The lowest BCUT2D eigenvalue weighted by atomic mass is 10.2. The van der Waals surface area contributed by atoms with E-state index in [1.807, 2.05) is 60.7 Å². The summed E-state index contributed by atoms with van der Waals surface area (Å²) in [7, 11) is 0. The number of rotatable bonds is 5. The van der Waals surface area contributed by atoms with E-state index in [1.54, 1.807) is 0 Å². The maximum atomic E-state index is 12.6. The molecule has 4 nitrogen and oxygen atoms in total. The van der Waals surface area contributed by atoms with Crippen LogP contribution >= 0.6 is 39.9 Å². The van der Waals surface area contributed by atoms with Crippen molar-refractivity contribution in [3.63, 3.8) is 0 Å². The molecule has 1 saturated heterocycles. The van der Waals surface area contributed by atoms with Crippen LogP contribution in [0.15, 0.2) is 64.0 Å². The molecule has 7 heteroatoms. The van der Waals surface area contributed by atoms with E-state index in [0.29, 0.717) is 9.23 Å². The van der Waals surface area contributed by atoms with Gasteiger partial charge < -0.3 is 5.32 Å². The Hall–Kier alpha value is -1.96. The number of para-hydroxylation sites is 1. The van der Waals surface area contributed by atoms with Crippen molar-refractivity contribution in [1.29, 1.82) is 0 Å². The molecule has 2 aromatic rings. The van der Waals surface area contributed by atoms with Gasteiger partial charge >= 0.3 is 0 Å². The molecule has 2 aromatic carbocycles. The Kier molecular flexibility index (Phi) is 6.24. The van der Waals surface area contributed by atoms with Gasteiger partial charge in [-0.3, -0.25) is 14.5 Å². The van der Waals surface area contributed by atoms with Gasteiger partial charge in [-0.25, -0.2) is 0 Å². The summed E-state index contributed by atoms with van der Waals surface area (Å²) in [6.45, 7) is 0.265. The molecule has 0 unspecified atom stereocenters. The van der Waals surface area contributed by atoms with E-state index in [-0.39, 0.29) is 24.8 Å². The molecule has 132 valence electrons. The fourth-order valence-corrected chi connectivity index (χ4v) is 3.93. The Morgan fingerprint density at radius 2 is 1.85 bits per heavy atom. The van der Waals surface area contributed by atoms with Gasteiger partial charge in [0.1, 0.15) is 4.32 Å². The number of amides is 2. The molecule has 1 heterocycles. The zero-order chi connectivity index (χ0) is 18.5. The molecular formula is C19H15BrN2O2S2. The van der Waals surface area contributed by atoms with Crippen LogP contribution in [0.25, 0.3) is 6.08 Å². The molecule has 0 spiro atoms. The Labute approximate surface area is 169 Å². The van der Waals surface area contributed by atoms with Crippen molar-refractivity contribution >= 4 is 67.8 Å². The molecule has 0 atom stereocenters. The standard InChI is InChI=1S/C19H15BrN2O2S2/c20-14-8-6-13(7-9-14)12-16-18(24)22(19(25)26-16)11-10-17(23)21-15-4-2-1-3-5-15/h1-9,12H,10-11H2,(H,21,23)/b16-12-. The minimum atomic E-state index is -0.157. The third-order valence-corrected chi connectivity index (χ3v) is 5.57. The molecule has 1 aliphatic heterocycles. The summed E-state index contributed by atoms with van der Waals surface area (Å²) in [4.78, 5) is 26.7. The van der Waals surface area contributed by atoms with Crippen molar-refractivity contribution in [3.05, 3.63) is 69.5 Å². The molecular weight excluding hydrogens is 432 g/mol. The summed E-state index contributed by atoms with van der Waals surface area (Å²) in [5.74, 6) is -0.308. The van der Waals surface area contributed by atoms with Gasteiger partial charge in [-0.05, 0) is 35.9 Å². The number of carbonyl (C=O) groups excluding carboxylic acids is 2. The molecule has 3 rings (SSSR count). The Morgan fingerprint density at radius 1 is 1.15 bits per heavy atom. The molecule has 0 saturated carbocycles. The van der Waals surface area contributed by atoms with Crippen LogP contribution in [0.3, 0.4) is 0 Å². The first-order valence-electron chi connectivity index (χ1n) is 7.89. The first-order valence-corrected chi connectivity index (χ1v) is 9.90. The summed E-state index contributed by atoms with van der Waals surface area (Å²) < 4.78 is 1.46. The number of carbonyl (C=O) groups is 2. The Morgan fingerprint density at radius 3 is 2.54 bits per heavy atom. The second-order valence-electron chi connectivity index (χ2n) is 5.55. The number of hydrogen-bond donors (Lipinski definition) is 1. The Bertz CT molecular complexity index is 867. The van der Waals surface area contributed by atoms with Crippen LogP contribution in [-0.2, 0) is 9.59 Å². The number of nitrogens with zero attached hydrogens (tertiary/aromatic N) is 1. The second-order valence-corrected chi connectivity index (χ2v) is 8.14. The van der Waals surface area contributed by atoms with Crippen LogP contribution in [0.2, 0.25) is 0 Å². The van der Waals surface area contributed by atoms with Crippen LogP contribution < -0.4 is 5.32 Å². The van der Waals surface area contributed by atoms with Gasteiger partial charge in [-0.1, -0.05) is 70.2 Å². The fraction of sp³-hybridized carbons (Fsp3) is 0.105. The van der Waals surface area contributed by atoms with Crippen LogP contribution in [0.5, 0.6) is 0 Å². The second kappa shape index (κ2) is 8.62. The Balaban J connectivity index is 1.60. The van der Waals surface area contributed by atoms with Gasteiger partial charge in [-0.2, -0.15) is 0 Å². The van der Waals surface area contributed by atoms with Crippen molar-refractivity contribution in [3.8, 4) is 0 Å². The minimum Gasteiger partial charge on any atom is -0.326 e. The number of hydrogen-bond acceptors (Lipinski definition) is 4. The SMILES string of the molecule is O=C(CCN1C(=O)/C(=C/c2ccc(Br)cc2)SC1=S)Nc1ccccc1. The van der Waals surface area contributed by atoms with E-state index in [0.717, 1.165) is 15.7 Å². The van der Waals surface area contributed by atoms with E-state index in [4.69, 9.17) is 12.2 Å². The van der Waals surface area contributed by atoms with Crippen molar-refractivity contribution in [2.24, 2.45) is 0 Å². The van der Waals surface area contributed by atoms with Crippen LogP contribution in [0.4, 0.5) is 5.69 Å². The fourth-order valence-electron chi connectivity index (χ4n) is 2.36. The molecule has 0 aromatic heterocycles. The maximum absolute atomic E-state index is 12.6. The van der Waals surface area contributed by atoms with Gasteiger partial charge in [0.2, 0.25) is 5.91 Å². The summed E-state index contributed by atoms with van der Waals surface area (Å²) in [6.07, 6.45) is 2.00. The minimum absolute atomic E-state index is 0.151. The predicted octanol–water partition coefficient (Wildman–Crippen LogP) is 4.68. The number of halogens is 1. The monoisotopic (exact) mass is 446 g/mol. The molecule has 26 heavy (non-hydrogen) atoms. The lowest BCUT2D eigenvalue weighted by Crippen LogP contribution is -2.31. The summed E-state index contributed by atoms with van der Waals surface area (Å²) in [5.41, 5.74) is 1.66. The number of anilines is 1. The number of benzene rings is 2. The molecule has 1 N–H and O–H groups in total. The topological polar surface area (TPSA) is 49.4 Å². The van der Waals surface area contributed by atoms with Crippen molar-refractivity contribution in [1.82, 2.24) is 4.90 Å². The largest absolute Gasteiger partial charge is 0.326 e. The van der Waals surface area contributed by atoms with Gasteiger partial charge in [0.25, 0.3) is 5.91 Å². The highest BCUT2D eigenvalue weighted by atomic mass is 79.9. The first-order chi connectivity index (χ1) is 12.5. The molecule has 1 fully saturated rings. The average molecular weight is 447 g/mol. The summed E-state index contributed by atoms with van der Waals surface area (Å²) in [5, 5.41) is 2.81. The third kappa shape index (κ3) is 4.81. The van der Waals surface area contributed by atoms with Gasteiger partial charge in [0, 0.05) is 23.1 Å². The highest BCUT2D eigenvalue weighted by Crippen LogP contribution is 2.32. The van der Waals surface area contributed by atoms with Crippen molar-refractivity contribution in [2.75, 3.05) is 11.9 Å².